The lowest BCUT2D eigenvalue weighted by atomic mass is 10.1. The minimum atomic E-state index is -4.91. The Morgan fingerprint density at radius 3 is 2.19 bits per heavy atom. The normalized spacial score (nSPS) is 12.5. The summed E-state index contributed by atoms with van der Waals surface area (Å²) in [5.74, 6) is -1.92. The molecule has 226 valence electrons. The van der Waals surface area contributed by atoms with Gasteiger partial charge < -0.3 is 10.2 Å². The van der Waals surface area contributed by atoms with Gasteiger partial charge in [0.1, 0.15) is 18.4 Å². The quantitative estimate of drug-likeness (QED) is 0.267. The number of carbonyl (C=O) groups excluding carboxylic acids is 2. The van der Waals surface area contributed by atoms with Crippen LogP contribution >= 0.6 is 11.6 Å². The molecule has 3 aromatic rings. The van der Waals surface area contributed by atoms with Crippen LogP contribution in [0.5, 0.6) is 0 Å². The topological polar surface area (TPSA) is 86.8 Å². The zero-order valence-corrected chi connectivity index (χ0v) is 24.7. The molecule has 0 unspecified atom stereocenters. The lowest BCUT2D eigenvalue weighted by Crippen LogP contribution is -2.51. The highest BCUT2D eigenvalue weighted by Crippen LogP contribution is 2.38. The van der Waals surface area contributed by atoms with Gasteiger partial charge in [-0.05, 0) is 68.3 Å². The maximum absolute atomic E-state index is 13.8. The molecule has 0 aromatic heterocycles. The van der Waals surface area contributed by atoms with Crippen LogP contribution in [-0.4, -0.2) is 44.3 Å². The van der Waals surface area contributed by atoms with Crippen molar-refractivity contribution in [3.8, 4) is 0 Å². The van der Waals surface area contributed by atoms with Crippen LogP contribution in [-0.2, 0) is 32.3 Å². The number of benzene rings is 3. The van der Waals surface area contributed by atoms with E-state index in [0.29, 0.717) is 28.9 Å². The van der Waals surface area contributed by atoms with Crippen LogP contribution in [0.15, 0.2) is 71.6 Å². The summed E-state index contributed by atoms with van der Waals surface area (Å²) in [6.45, 7) is 4.18. The fraction of sp³-hybridized carbons (Fsp3) is 0.310. The molecule has 0 aliphatic heterocycles. The molecule has 0 saturated heterocycles. The first-order chi connectivity index (χ1) is 19.6. The summed E-state index contributed by atoms with van der Waals surface area (Å²) >= 11 is 5.78. The molecular formula is C29H30ClF4N3O4S. The summed E-state index contributed by atoms with van der Waals surface area (Å²) in [6, 6.07) is 12.1. The number of amides is 2. The van der Waals surface area contributed by atoms with Crippen LogP contribution in [0.2, 0.25) is 5.02 Å². The average molecular weight is 628 g/mol. The van der Waals surface area contributed by atoms with Crippen molar-refractivity contribution < 1.29 is 35.6 Å². The van der Waals surface area contributed by atoms with Gasteiger partial charge in [0.15, 0.2) is 0 Å². The van der Waals surface area contributed by atoms with Crippen LogP contribution in [0.1, 0.15) is 37.0 Å². The highest BCUT2D eigenvalue weighted by Gasteiger charge is 2.37. The standard InChI is InChI=1S/C29H30ClF4N3O4S/c1-4-15-35-28(39)20(3)36(17-21-7-9-22(31)10-8-21)27(38)18-37(42(40,41)24-12-5-19(2)6-13-24)23-11-14-26(30)25(16-23)29(32,33)34/h5-14,16,20H,4,15,17-18H2,1-3H3,(H,35,39)/t20-/m0/s1. The summed E-state index contributed by atoms with van der Waals surface area (Å²) in [5, 5.41) is 2.03. The highest BCUT2D eigenvalue weighted by atomic mass is 35.5. The Hall–Kier alpha value is -3.64. The smallest absolute Gasteiger partial charge is 0.354 e. The second-order valence-electron chi connectivity index (χ2n) is 9.60. The van der Waals surface area contributed by atoms with Gasteiger partial charge in [0, 0.05) is 13.1 Å². The van der Waals surface area contributed by atoms with Crippen molar-refractivity contribution in [1.29, 1.82) is 0 Å². The summed E-state index contributed by atoms with van der Waals surface area (Å²) in [5.41, 5.74) is -0.558. The lowest BCUT2D eigenvalue weighted by molar-refractivity contribution is -0.139. The number of nitrogens with zero attached hydrogens (tertiary/aromatic N) is 2. The van der Waals surface area contributed by atoms with Gasteiger partial charge in [0.2, 0.25) is 11.8 Å². The first-order valence-electron chi connectivity index (χ1n) is 12.9. The molecule has 42 heavy (non-hydrogen) atoms. The molecule has 1 atom stereocenters. The van der Waals surface area contributed by atoms with E-state index < -0.39 is 62.7 Å². The Balaban J connectivity index is 2.11. The first kappa shape index (κ1) is 32.9. The zero-order chi connectivity index (χ0) is 31.2. The number of sulfonamides is 1. The zero-order valence-electron chi connectivity index (χ0n) is 23.1. The fourth-order valence-corrected chi connectivity index (χ4v) is 5.65. The molecule has 0 heterocycles. The number of anilines is 1. The maximum atomic E-state index is 13.8. The Labute approximate surface area is 247 Å². The number of hydrogen-bond donors (Lipinski definition) is 1. The SMILES string of the molecule is CCCNC(=O)[C@H](C)N(Cc1ccc(F)cc1)C(=O)CN(c1ccc(Cl)c(C(F)(F)F)c1)S(=O)(=O)c1ccc(C)cc1. The second-order valence-corrected chi connectivity index (χ2v) is 11.9. The van der Waals surface area contributed by atoms with Crippen molar-refractivity contribution in [2.24, 2.45) is 0 Å². The Morgan fingerprint density at radius 1 is 1.00 bits per heavy atom. The van der Waals surface area contributed by atoms with Gasteiger partial charge in [-0.3, -0.25) is 13.9 Å². The molecule has 0 aliphatic carbocycles. The van der Waals surface area contributed by atoms with Crippen LogP contribution in [0, 0.1) is 12.7 Å². The molecule has 2 amide bonds. The summed E-state index contributed by atoms with van der Waals surface area (Å²) in [7, 11) is -4.59. The van der Waals surface area contributed by atoms with Gasteiger partial charge in [-0.1, -0.05) is 48.4 Å². The third kappa shape index (κ3) is 8.01. The Kier molecular flexibility index (Phi) is 10.6. The minimum absolute atomic E-state index is 0.202. The molecule has 0 saturated carbocycles. The number of alkyl halides is 3. The molecule has 1 N–H and O–H groups in total. The Bertz CT molecular complexity index is 1520. The number of halogens is 5. The van der Waals surface area contributed by atoms with E-state index in [0.717, 1.165) is 22.6 Å². The minimum Gasteiger partial charge on any atom is -0.354 e. The van der Waals surface area contributed by atoms with Crippen molar-refractivity contribution >= 4 is 39.1 Å². The fourth-order valence-electron chi connectivity index (χ4n) is 4.02. The first-order valence-corrected chi connectivity index (χ1v) is 14.7. The van der Waals surface area contributed by atoms with Gasteiger partial charge in [-0.15, -0.1) is 0 Å². The maximum Gasteiger partial charge on any atom is 0.417 e. The molecule has 0 spiro atoms. The number of hydrogen-bond acceptors (Lipinski definition) is 4. The number of carbonyl (C=O) groups is 2. The van der Waals surface area contributed by atoms with Crippen molar-refractivity contribution in [2.75, 3.05) is 17.4 Å². The van der Waals surface area contributed by atoms with E-state index in [4.69, 9.17) is 11.6 Å². The molecule has 0 bridgehead atoms. The highest BCUT2D eigenvalue weighted by molar-refractivity contribution is 7.92. The van der Waals surface area contributed by atoms with Crippen molar-refractivity contribution in [3.63, 3.8) is 0 Å². The monoisotopic (exact) mass is 627 g/mol. The predicted molar refractivity (Wildman–Crippen MR) is 152 cm³/mol. The van der Waals surface area contributed by atoms with Crippen LogP contribution in [0.25, 0.3) is 0 Å². The molecule has 3 rings (SSSR count). The molecule has 0 fully saturated rings. The van der Waals surface area contributed by atoms with E-state index in [9.17, 15) is 35.6 Å². The van der Waals surface area contributed by atoms with Gasteiger partial charge in [0.05, 0.1) is 21.2 Å². The lowest BCUT2D eigenvalue weighted by Gasteiger charge is -2.32. The van der Waals surface area contributed by atoms with Crippen molar-refractivity contribution in [2.45, 2.75) is 50.9 Å². The average Bonchev–Trinajstić information content (AvgIpc) is 2.93. The van der Waals surface area contributed by atoms with Gasteiger partial charge in [0.25, 0.3) is 10.0 Å². The van der Waals surface area contributed by atoms with E-state index in [-0.39, 0.29) is 11.4 Å². The Morgan fingerprint density at radius 2 is 1.62 bits per heavy atom. The van der Waals surface area contributed by atoms with Gasteiger partial charge in [-0.2, -0.15) is 13.2 Å². The van der Waals surface area contributed by atoms with Crippen LogP contribution in [0.4, 0.5) is 23.2 Å². The van der Waals surface area contributed by atoms with Crippen LogP contribution < -0.4 is 9.62 Å². The van der Waals surface area contributed by atoms with Crippen LogP contribution in [0.3, 0.4) is 0 Å². The number of aryl methyl sites for hydroxylation is 1. The van der Waals surface area contributed by atoms with Crippen molar-refractivity contribution in [1.82, 2.24) is 10.2 Å². The molecule has 0 aliphatic rings. The molecule has 13 heteroatoms. The van der Waals surface area contributed by atoms with E-state index >= 15 is 0 Å². The van der Waals surface area contributed by atoms with E-state index in [1.165, 1.54) is 55.5 Å². The molecule has 3 aromatic carbocycles. The summed E-state index contributed by atoms with van der Waals surface area (Å²) in [6.07, 6.45) is -4.29. The van der Waals surface area contributed by atoms with E-state index in [1.54, 1.807) is 6.92 Å². The molecular weight excluding hydrogens is 598 g/mol. The summed E-state index contributed by atoms with van der Waals surface area (Å²) < 4.78 is 82.8. The second kappa shape index (κ2) is 13.6. The predicted octanol–water partition coefficient (Wildman–Crippen LogP) is 5.95. The van der Waals surface area contributed by atoms with Gasteiger partial charge in [-0.25, -0.2) is 12.8 Å². The molecule has 0 radical (unpaired) electrons. The van der Waals surface area contributed by atoms with Gasteiger partial charge >= 0.3 is 6.18 Å². The summed E-state index contributed by atoms with van der Waals surface area (Å²) in [4.78, 5) is 27.5. The van der Waals surface area contributed by atoms with E-state index in [1.807, 2.05) is 6.92 Å². The third-order valence-electron chi connectivity index (χ3n) is 6.41. The third-order valence-corrected chi connectivity index (χ3v) is 8.53. The van der Waals surface area contributed by atoms with E-state index in [2.05, 4.69) is 5.32 Å². The number of nitrogens with one attached hydrogen (secondary N) is 1. The molecule has 7 nitrogen and oxygen atoms in total. The largest absolute Gasteiger partial charge is 0.417 e. The van der Waals surface area contributed by atoms with Crippen molar-refractivity contribution in [3.05, 3.63) is 94.3 Å². The number of rotatable bonds is 11.